The summed E-state index contributed by atoms with van der Waals surface area (Å²) in [6.07, 6.45) is 3.16. The van der Waals surface area contributed by atoms with Crippen molar-refractivity contribution in [1.82, 2.24) is 20.2 Å². The molecule has 4 rings (SSSR count). The molecule has 2 heterocycles. The third-order valence-electron chi connectivity index (χ3n) is 4.62. The van der Waals surface area contributed by atoms with E-state index in [-0.39, 0.29) is 11.6 Å². The molecule has 150 valence electrons. The largest absolute Gasteiger partial charge is 0.465 e. The fourth-order valence-corrected chi connectivity index (χ4v) is 2.99. The summed E-state index contributed by atoms with van der Waals surface area (Å²) in [5.41, 5.74) is 2.92. The molecule has 2 aromatic carbocycles. The van der Waals surface area contributed by atoms with Crippen molar-refractivity contribution in [3.05, 3.63) is 84.3 Å². The number of rotatable bonds is 6. The number of anilines is 1. The first-order chi connectivity index (χ1) is 14.6. The van der Waals surface area contributed by atoms with Gasteiger partial charge < -0.3 is 9.73 Å². The van der Waals surface area contributed by atoms with E-state index < -0.39 is 0 Å². The van der Waals surface area contributed by atoms with Crippen LogP contribution in [-0.4, -0.2) is 26.1 Å². The highest BCUT2D eigenvalue weighted by Gasteiger charge is 2.20. The highest BCUT2D eigenvalue weighted by molar-refractivity contribution is 6.24. The summed E-state index contributed by atoms with van der Waals surface area (Å²) in [6, 6.07) is 20.7. The van der Waals surface area contributed by atoms with Crippen LogP contribution in [-0.2, 0) is 4.79 Å². The second-order valence-electron chi connectivity index (χ2n) is 7.06. The molecule has 0 bridgehead atoms. The van der Waals surface area contributed by atoms with Crippen LogP contribution in [0.4, 0.5) is 5.69 Å². The number of carbonyl (C=O) groups excluding carboxylic acids is 1. The lowest BCUT2D eigenvalue weighted by Gasteiger charge is -2.11. The van der Waals surface area contributed by atoms with Gasteiger partial charge in [-0.15, -0.1) is 5.10 Å². The summed E-state index contributed by atoms with van der Waals surface area (Å²) in [7, 11) is 0. The molecule has 0 radical (unpaired) electrons. The molecule has 1 N–H and O–H groups in total. The lowest BCUT2D eigenvalue weighted by atomic mass is 10.0. The van der Waals surface area contributed by atoms with Crippen molar-refractivity contribution in [3.63, 3.8) is 0 Å². The number of nitrogens with one attached hydrogen (secondary N) is 1. The van der Waals surface area contributed by atoms with E-state index in [1.807, 2.05) is 54.6 Å². The number of hydrogen-bond acceptors (Lipinski definition) is 5. The van der Waals surface area contributed by atoms with Crippen LogP contribution in [0.3, 0.4) is 0 Å². The van der Waals surface area contributed by atoms with Gasteiger partial charge in [0.15, 0.2) is 5.82 Å². The number of nitrogens with zero attached hydrogens (tertiary/aromatic N) is 4. The third-order valence-corrected chi connectivity index (χ3v) is 4.62. The minimum absolute atomic E-state index is 0.238. The summed E-state index contributed by atoms with van der Waals surface area (Å²) in [4.78, 5) is 13.2. The normalized spacial score (nSPS) is 11.6. The van der Waals surface area contributed by atoms with Crippen molar-refractivity contribution in [1.29, 1.82) is 0 Å². The Morgan fingerprint density at radius 1 is 1.03 bits per heavy atom. The van der Waals surface area contributed by atoms with Gasteiger partial charge in [0.2, 0.25) is 0 Å². The molecule has 0 aliphatic heterocycles. The maximum absolute atomic E-state index is 13.2. The molecule has 0 saturated carbocycles. The average molecular weight is 399 g/mol. The molecule has 4 aromatic rings. The lowest BCUT2D eigenvalue weighted by Crippen LogP contribution is -2.19. The van der Waals surface area contributed by atoms with Crippen LogP contribution in [0.5, 0.6) is 0 Å². The molecular weight excluding hydrogens is 378 g/mol. The van der Waals surface area contributed by atoms with Gasteiger partial charge in [0.05, 0.1) is 6.26 Å². The Kier molecular flexibility index (Phi) is 5.52. The van der Waals surface area contributed by atoms with Crippen molar-refractivity contribution in [2.45, 2.75) is 19.8 Å². The Labute approximate surface area is 174 Å². The van der Waals surface area contributed by atoms with E-state index in [2.05, 4.69) is 34.7 Å². The van der Waals surface area contributed by atoms with Gasteiger partial charge in [-0.25, -0.2) is 0 Å². The van der Waals surface area contributed by atoms with Gasteiger partial charge in [-0.3, -0.25) is 4.79 Å². The molecule has 30 heavy (non-hydrogen) atoms. The molecule has 0 spiro atoms. The number of amides is 1. The number of benzene rings is 2. The van der Waals surface area contributed by atoms with Gasteiger partial charge in [0, 0.05) is 17.3 Å². The van der Waals surface area contributed by atoms with Gasteiger partial charge in [-0.05, 0) is 46.2 Å². The van der Waals surface area contributed by atoms with Crippen LogP contribution >= 0.6 is 0 Å². The molecule has 0 saturated heterocycles. The minimum Gasteiger partial charge on any atom is -0.465 e. The molecule has 2 aromatic heterocycles. The van der Waals surface area contributed by atoms with E-state index in [1.165, 1.54) is 10.2 Å². The van der Waals surface area contributed by atoms with Crippen LogP contribution in [0.25, 0.3) is 23.2 Å². The molecule has 0 atom stereocenters. The second kappa shape index (κ2) is 8.57. The summed E-state index contributed by atoms with van der Waals surface area (Å²) in [5, 5.41) is 14.9. The Morgan fingerprint density at radius 2 is 1.80 bits per heavy atom. The predicted octanol–water partition coefficient (Wildman–Crippen LogP) is 4.69. The number of aromatic nitrogens is 4. The summed E-state index contributed by atoms with van der Waals surface area (Å²) in [6.45, 7) is 4.25. The Balaban J connectivity index is 1.70. The summed E-state index contributed by atoms with van der Waals surface area (Å²) >= 11 is 0. The summed E-state index contributed by atoms with van der Waals surface area (Å²) < 4.78 is 6.82. The topological polar surface area (TPSA) is 85.8 Å². The molecule has 0 aliphatic carbocycles. The zero-order valence-corrected chi connectivity index (χ0v) is 16.7. The second-order valence-corrected chi connectivity index (χ2v) is 7.06. The molecular formula is C23H21N5O2. The van der Waals surface area contributed by atoms with Crippen molar-refractivity contribution in [2.75, 3.05) is 5.32 Å². The van der Waals surface area contributed by atoms with Gasteiger partial charge in [0.1, 0.15) is 11.5 Å². The monoisotopic (exact) mass is 399 g/mol. The number of tetrazole rings is 1. The van der Waals surface area contributed by atoms with Gasteiger partial charge >= 0.3 is 0 Å². The van der Waals surface area contributed by atoms with E-state index in [0.717, 1.165) is 5.56 Å². The molecule has 0 aliphatic rings. The van der Waals surface area contributed by atoms with Crippen molar-refractivity contribution in [3.8, 4) is 11.4 Å². The SMILES string of the molecule is CC(C)c1ccc(NC(=O)/C(=C/c2ccco2)n2nnnc2-c2ccccc2)cc1. The third kappa shape index (κ3) is 4.20. The van der Waals surface area contributed by atoms with Crippen LogP contribution < -0.4 is 5.32 Å². The Bertz CT molecular complexity index is 1140. The first-order valence-electron chi connectivity index (χ1n) is 9.62. The fourth-order valence-electron chi connectivity index (χ4n) is 2.99. The predicted molar refractivity (Wildman–Crippen MR) is 115 cm³/mol. The standard InChI is InChI=1S/C23H21N5O2/c1-16(2)17-10-12-19(13-11-17)24-23(29)21(15-20-9-6-14-30-20)28-22(25-26-27-28)18-7-4-3-5-8-18/h3-16H,1-2H3,(H,24,29)/b21-15-. The van der Waals surface area contributed by atoms with Crippen LogP contribution in [0.1, 0.15) is 31.1 Å². The molecule has 7 heteroatoms. The number of hydrogen-bond donors (Lipinski definition) is 1. The Hall–Kier alpha value is -4.00. The van der Waals surface area contributed by atoms with E-state index in [0.29, 0.717) is 23.2 Å². The lowest BCUT2D eigenvalue weighted by molar-refractivity contribution is -0.111. The van der Waals surface area contributed by atoms with Gasteiger partial charge in [-0.1, -0.05) is 56.3 Å². The first-order valence-corrected chi connectivity index (χ1v) is 9.62. The zero-order valence-electron chi connectivity index (χ0n) is 16.7. The van der Waals surface area contributed by atoms with Crippen molar-refractivity contribution >= 4 is 23.4 Å². The minimum atomic E-state index is -0.354. The summed E-state index contributed by atoms with van der Waals surface area (Å²) in [5.74, 6) is 1.04. The zero-order chi connectivity index (χ0) is 20.9. The van der Waals surface area contributed by atoms with Crippen LogP contribution in [0, 0.1) is 0 Å². The van der Waals surface area contributed by atoms with E-state index in [9.17, 15) is 4.79 Å². The highest BCUT2D eigenvalue weighted by atomic mass is 16.3. The first kappa shape index (κ1) is 19.3. The maximum atomic E-state index is 13.2. The smallest absolute Gasteiger partial charge is 0.274 e. The van der Waals surface area contributed by atoms with E-state index >= 15 is 0 Å². The Morgan fingerprint density at radius 3 is 2.47 bits per heavy atom. The molecule has 1 amide bonds. The van der Waals surface area contributed by atoms with Crippen LogP contribution in [0.15, 0.2) is 77.4 Å². The molecule has 0 unspecified atom stereocenters. The number of furan rings is 1. The maximum Gasteiger partial charge on any atom is 0.274 e. The van der Waals surface area contributed by atoms with E-state index in [1.54, 1.807) is 24.5 Å². The van der Waals surface area contributed by atoms with Gasteiger partial charge in [0.25, 0.3) is 5.91 Å². The number of carbonyl (C=O) groups is 1. The van der Waals surface area contributed by atoms with Crippen molar-refractivity contribution in [2.24, 2.45) is 0 Å². The highest BCUT2D eigenvalue weighted by Crippen LogP contribution is 2.22. The molecule has 0 fully saturated rings. The van der Waals surface area contributed by atoms with Gasteiger partial charge in [-0.2, -0.15) is 4.68 Å². The fraction of sp³-hybridized carbons (Fsp3) is 0.130. The van der Waals surface area contributed by atoms with E-state index in [4.69, 9.17) is 4.42 Å². The quantitative estimate of drug-likeness (QED) is 0.475. The molecule has 7 nitrogen and oxygen atoms in total. The van der Waals surface area contributed by atoms with Crippen LogP contribution in [0.2, 0.25) is 0 Å². The average Bonchev–Trinajstić information content (AvgIpc) is 3.45. The van der Waals surface area contributed by atoms with Crippen molar-refractivity contribution < 1.29 is 9.21 Å².